The molecule has 0 heteroatoms. The topological polar surface area (TPSA) is 0 Å². The molecule has 0 fully saturated rings. The van der Waals surface area contributed by atoms with Crippen molar-refractivity contribution < 1.29 is 0 Å². The summed E-state index contributed by atoms with van der Waals surface area (Å²) in [5.74, 6) is 0.569. The molecule has 3 aromatic carbocycles. The molecule has 0 saturated carbocycles. The molecule has 0 aliphatic heterocycles. The molecule has 104 valence electrons. The lowest BCUT2D eigenvalue weighted by atomic mass is 9.77. The average molecular weight is 272 g/mol. The molecule has 0 radical (unpaired) electrons. The molecule has 3 aromatic rings. The van der Waals surface area contributed by atoms with Gasteiger partial charge in [0, 0.05) is 5.92 Å². The van der Waals surface area contributed by atoms with E-state index in [9.17, 15) is 0 Å². The van der Waals surface area contributed by atoms with E-state index in [1.54, 1.807) is 11.1 Å². The fraction of sp³-hybridized carbons (Fsp3) is 0.238. The van der Waals surface area contributed by atoms with E-state index in [0.717, 1.165) is 0 Å². The highest BCUT2D eigenvalue weighted by Crippen LogP contribution is 2.39. The zero-order valence-corrected chi connectivity index (χ0v) is 12.5. The third kappa shape index (κ3) is 2.06. The zero-order chi connectivity index (χ0) is 14.2. The number of rotatable bonds is 1. The lowest BCUT2D eigenvalue weighted by Gasteiger charge is -2.27. The van der Waals surface area contributed by atoms with Crippen molar-refractivity contribution in [3.8, 4) is 0 Å². The van der Waals surface area contributed by atoms with E-state index < -0.39 is 0 Å². The van der Waals surface area contributed by atoms with Crippen LogP contribution in [0.2, 0.25) is 0 Å². The predicted molar refractivity (Wildman–Crippen MR) is 89.9 cm³/mol. The standard InChI is InChI=1S/C21H20/c1-15-18-10-4-2-8-17(18)13-14-19(15)21-12-6-9-16-7-3-5-11-20(16)21/h2-5,7-8,10-11,13-14,21H,6,9,12H2,1H3. The lowest BCUT2D eigenvalue weighted by Crippen LogP contribution is -2.12. The van der Waals surface area contributed by atoms with Gasteiger partial charge in [-0.25, -0.2) is 0 Å². The quantitative estimate of drug-likeness (QED) is 0.539. The van der Waals surface area contributed by atoms with E-state index in [-0.39, 0.29) is 0 Å². The van der Waals surface area contributed by atoms with Gasteiger partial charge in [0.15, 0.2) is 0 Å². The summed E-state index contributed by atoms with van der Waals surface area (Å²) in [5.41, 5.74) is 6.05. The summed E-state index contributed by atoms with van der Waals surface area (Å²) in [6.07, 6.45) is 3.81. The fourth-order valence-electron chi connectivity index (χ4n) is 3.90. The Balaban J connectivity index is 1.90. The highest BCUT2D eigenvalue weighted by Gasteiger charge is 2.23. The first-order valence-electron chi connectivity index (χ1n) is 7.90. The molecular weight excluding hydrogens is 252 g/mol. The van der Waals surface area contributed by atoms with Gasteiger partial charge < -0.3 is 0 Å². The molecule has 0 nitrogen and oxygen atoms in total. The maximum absolute atomic E-state index is 2.35. The summed E-state index contributed by atoms with van der Waals surface area (Å²) in [5, 5.41) is 2.75. The van der Waals surface area contributed by atoms with E-state index in [1.807, 2.05) is 0 Å². The minimum absolute atomic E-state index is 0.569. The van der Waals surface area contributed by atoms with Crippen LogP contribution in [0.25, 0.3) is 10.8 Å². The fourth-order valence-corrected chi connectivity index (χ4v) is 3.90. The Kier molecular flexibility index (Phi) is 3.03. The van der Waals surface area contributed by atoms with Gasteiger partial charge in [0.05, 0.1) is 0 Å². The molecule has 1 aliphatic rings. The first-order valence-corrected chi connectivity index (χ1v) is 7.90. The summed E-state index contributed by atoms with van der Waals surface area (Å²) in [4.78, 5) is 0. The highest BCUT2D eigenvalue weighted by molar-refractivity contribution is 5.86. The second-order valence-corrected chi connectivity index (χ2v) is 6.14. The van der Waals surface area contributed by atoms with Crippen molar-refractivity contribution >= 4 is 10.8 Å². The van der Waals surface area contributed by atoms with E-state index in [4.69, 9.17) is 0 Å². The number of benzene rings is 3. The van der Waals surface area contributed by atoms with E-state index in [1.165, 1.54) is 41.2 Å². The van der Waals surface area contributed by atoms with Crippen LogP contribution in [0.1, 0.15) is 41.0 Å². The molecule has 0 heterocycles. The summed E-state index contributed by atoms with van der Waals surface area (Å²) in [6.45, 7) is 2.29. The maximum Gasteiger partial charge on any atom is 0.00950 e. The Morgan fingerprint density at radius 1 is 0.810 bits per heavy atom. The van der Waals surface area contributed by atoms with E-state index >= 15 is 0 Å². The SMILES string of the molecule is Cc1c(C2CCCc3ccccc32)ccc2ccccc12. The van der Waals surface area contributed by atoms with Crippen LogP contribution < -0.4 is 0 Å². The van der Waals surface area contributed by atoms with Crippen molar-refractivity contribution in [3.63, 3.8) is 0 Å². The molecule has 4 rings (SSSR count). The largest absolute Gasteiger partial charge is 0.0620 e. The van der Waals surface area contributed by atoms with Gasteiger partial charge in [-0.3, -0.25) is 0 Å². The van der Waals surface area contributed by atoms with Crippen molar-refractivity contribution in [1.82, 2.24) is 0 Å². The molecule has 0 aromatic heterocycles. The second-order valence-electron chi connectivity index (χ2n) is 6.14. The molecule has 0 bridgehead atoms. The van der Waals surface area contributed by atoms with Crippen LogP contribution >= 0.6 is 0 Å². The van der Waals surface area contributed by atoms with Crippen molar-refractivity contribution in [2.75, 3.05) is 0 Å². The van der Waals surface area contributed by atoms with Crippen molar-refractivity contribution in [1.29, 1.82) is 0 Å². The molecule has 21 heavy (non-hydrogen) atoms. The molecular formula is C21H20. The monoisotopic (exact) mass is 272 g/mol. The Labute approximate surface area is 126 Å². The van der Waals surface area contributed by atoms with E-state index in [2.05, 4.69) is 67.6 Å². The van der Waals surface area contributed by atoms with Gasteiger partial charge in [0.25, 0.3) is 0 Å². The Morgan fingerprint density at radius 2 is 1.62 bits per heavy atom. The Bertz CT molecular complexity index is 798. The minimum atomic E-state index is 0.569. The molecule has 0 saturated heterocycles. The van der Waals surface area contributed by atoms with E-state index in [0.29, 0.717) is 5.92 Å². The van der Waals surface area contributed by atoms with Crippen molar-refractivity contribution in [2.45, 2.75) is 32.1 Å². The minimum Gasteiger partial charge on any atom is -0.0620 e. The van der Waals surface area contributed by atoms with Crippen molar-refractivity contribution in [2.24, 2.45) is 0 Å². The molecule has 0 spiro atoms. The van der Waals surface area contributed by atoms with Gasteiger partial charge in [-0.1, -0.05) is 60.7 Å². The third-order valence-electron chi connectivity index (χ3n) is 4.99. The Morgan fingerprint density at radius 3 is 2.57 bits per heavy atom. The normalized spacial score (nSPS) is 17.7. The first kappa shape index (κ1) is 12.6. The van der Waals surface area contributed by atoms with Crippen LogP contribution in [0.4, 0.5) is 0 Å². The van der Waals surface area contributed by atoms with Crippen LogP contribution in [0.15, 0.2) is 60.7 Å². The first-order chi connectivity index (χ1) is 10.3. The van der Waals surface area contributed by atoms with Gasteiger partial charge in [-0.05, 0) is 59.2 Å². The molecule has 0 N–H and O–H groups in total. The maximum atomic E-state index is 2.35. The van der Waals surface area contributed by atoms with Crippen LogP contribution in [0.3, 0.4) is 0 Å². The van der Waals surface area contributed by atoms with Crippen LogP contribution in [-0.2, 0) is 6.42 Å². The van der Waals surface area contributed by atoms with Gasteiger partial charge in [-0.2, -0.15) is 0 Å². The summed E-state index contributed by atoms with van der Waals surface area (Å²) in [7, 11) is 0. The molecule has 1 aliphatic carbocycles. The number of hydrogen-bond acceptors (Lipinski definition) is 0. The number of fused-ring (bicyclic) bond motifs is 2. The summed E-state index contributed by atoms with van der Waals surface area (Å²) in [6, 6.07) is 22.4. The molecule has 1 unspecified atom stereocenters. The smallest absolute Gasteiger partial charge is 0.00950 e. The summed E-state index contributed by atoms with van der Waals surface area (Å²) >= 11 is 0. The molecule has 0 amide bonds. The van der Waals surface area contributed by atoms with Gasteiger partial charge in [0.1, 0.15) is 0 Å². The number of hydrogen-bond donors (Lipinski definition) is 0. The lowest BCUT2D eigenvalue weighted by molar-refractivity contribution is 0.614. The molecule has 1 atom stereocenters. The average Bonchev–Trinajstić information content (AvgIpc) is 2.55. The predicted octanol–water partition coefficient (Wildman–Crippen LogP) is 5.62. The second kappa shape index (κ2) is 5.04. The van der Waals surface area contributed by atoms with Crippen LogP contribution in [0.5, 0.6) is 0 Å². The highest BCUT2D eigenvalue weighted by atomic mass is 14.3. The van der Waals surface area contributed by atoms with Gasteiger partial charge in [-0.15, -0.1) is 0 Å². The Hall–Kier alpha value is -2.08. The third-order valence-corrected chi connectivity index (χ3v) is 4.99. The van der Waals surface area contributed by atoms with Crippen molar-refractivity contribution in [3.05, 3.63) is 82.9 Å². The van der Waals surface area contributed by atoms with Gasteiger partial charge >= 0.3 is 0 Å². The number of aryl methyl sites for hydroxylation is 2. The van der Waals surface area contributed by atoms with Gasteiger partial charge in [0.2, 0.25) is 0 Å². The summed E-state index contributed by atoms with van der Waals surface area (Å²) < 4.78 is 0. The van der Waals surface area contributed by atoms with Crippen LogP contribution in [-0.4, -0.2) is 0 Å². The van der Waals surface area contributed by atoms with Crippen LogP contribution in [0, 0.1) is 6.92 Å². The zero-order valence-electron chi connectivity index (χ0n) is 12.5.